The number of nitrogens with one attached hydrogen (secondary N) is 1. The molecule has 0 aliphatic carbocycles. The van der Waals surface area contributed by atoms with Gasteiger partial charge in [0.15, 0.2) is 0 Å². The van der Waals surface area contributed by atoms with E-state index >= 15 is 0 Å². The lowest BCUT2D eigenvalue weighted by Crippen LogP contribution is -2.34. The van der Waals surface area contributed by atoms with Crippen LogP contribution in [0.15, 0.2) is 27.6 Å². The molecule has 1 atom stereocenters. The molecule has 0 saturated carbocycles. The average Bonchev–Trinajstić information content (AvgIpc) is 2.27. The monoisotopic (exact) mass is 334 g/mol. The molecule has 0 aliphatic heterocycles. The minimum atomic E-state index is -3.94. The molecule has 1 aromatic rings. The van der Waals surface area contributed by atoms with E-state index in [1.807, 2.05) is 6.07 Å². The minimum absolute atomic E-state index is 0.0495. The summed E-state index contributed by atoms with van der Waals surface area (Å²) in [6, 6.07) is 5.09. The van der Waals surface area contributed by atoms with Gasteiger partial charge in [-0.3, -0.25) is 0 Å². The van der Waals surface area contributed by atoms with Crippen molar-refractivity contribution in [3.8, 4) is 6.07 Å². The lowest BCUT2D eigenvalue weighted by atomic mass is 10.2. The van der Waals surface area contributed by atoms with Crippen molar-refractivity contribution in [2.75, 3.05) is 0 Å². The normalized spacial score (nSPS) is 13.0. The van der Waals surface area contributed by atoms with Crippen molar-refractivity contribution in [2.24, 2.45) is 0 Å². The highest BCUT2D eigenvalue weighted by Gasteiger charge is 2.22. The average molecular weight is 335 g/mol. The molecule has 0 saturated heterocycles. The van der Waals surface area contributed by atoms with Crippen molar-refractivity contribution >= 4 is 26.0 Å². The maximum Gasteiger partial charge on any atom is 0.243 e. The first-order chi connectivity index (χ1) is 8.40. The van der Waals surface area contributed by atoms with Gasteiger partial charge in [0.1, 0.15) is 10.7 Å². The Morgan fingerprint density at radius 3 is 2.72 bits per heavy atom. The van der Waals surface area contributed by atoms with E-state index in [9.17, 15) is 12.8 Å². The van der Waals surface area contributed by atoms with E-state index in [4.69, 9.17) is 5.26 Å². The van der Waals surface area contributed by atoms with Gasteiger partial charge in [0, 0.05) is 10.5 Å². The summed E-state index contributed by atoms with van der Waals surface area (Å²) < 4.78 is 40.2. The zero-order chi connectivity index (χ0) is 13.8. The summed E-state index contributed by atoms with van der Waals surface area (Å²) >= 11 is 3.05. The van der Waals surface area contributed by atoms with E-state index < -0.39 is 26.8 Å². The Kier molecular flexibility index (Phi) is 5.26. The molecule has 0 amide bonds. The lowest BCUT2D eigenvalue weighted by Gasteiger charge is -2.14. The molecule has 0 bridgehead atoms. The molecule has 0 heterocycles. The smallest absolute Gasteiger partial charge is 0.207 e. The number of benzene rings is 1. The molecular formula is C11H12BrFN2O2S. The van der Waals surface area contributed by atoms with E-state index in [2.05, 4.69) is 20.7 Å². The number of hydrogen-bond acceptors (Lipinski definition) is 3. The fourth-order valence-corrected chi connectivity index (χ4v) is 3.07. The Hall–Kier alpha value is -0.970. The highest BCUT2D eigenvalue weighted by molar-refractivity contribution is 9.10. The lowest BCUT2D eigenvalue weighted by molar-refractivity contribution is 0.530. The number of hydrogen-bond donors (Lipinski definition) is 1. The van der Waals surface area contributed by atoms with Gasteiger partial charge in [0.25, 0.3) is 0 Å². The largest absolute Gasteiger partial charge is 0.243 e. The van der Waals surface area contributed by atoms with Crippen LogP contribution in [0.5, 0.6) is 0 Å². The highest BCUT2D eigenvalue weighted by atomic mass is 79.9. The molecule has 18 heavy (non-hydrogen) atoms. The van der Waals surface area contributed by atoms with Gasteiger partial charge in [-0.1, -0.05) is 22.9 Å². The van der Waals surface area contributed by atoms with Crippen LogP contribution in [0.25, 0.3) is 0 Å². The third-order valence-electron chi connectivity index (χ3n) is 2.34. The maximum absolute atomic E-state index is 13.6. The number of nitriles is 1. The summed E-state index contributed by atoms with van der Waals surface area (Å²) in [7, 11) is -3.94. The molecule has 4 nitrogen and oxygen atoms in total. The molecule has 1 rings (SSSR count). The number of sulfonamides is 1. The number of rotatable bonds is 5. The van der Waals surface area contributed by atoms with Gasteiger partial charge in [-0.2, -0.15) is 5.26 Å². The summed E-state index contributed by atoms with van der Waals surface area (Å²) in [5.74, 6) is -0.830. The topological polar surface area (TPSA) is 70.0 Å². The molecule has 0 aromatic heterocycles. The minimum Gasteiger partial charge on any atom is -0.207 e. The van der Waals surface area contributed by atoms with E-state index in [-0.39, 0.29) is 6.42 Å². The fourth-order valence-electron chi connectivity index (χ4n) is 1.36. The molecule has 0 spiro atoms. The second-order valence-electron chi connectivity index (χ2n) is 3.66. The van der Waals surface area contributed by atoms with Crippen LogP contribution in [0.2, 0.25) is 0 Å². The van der Waals surface area contributed by atoms with Gasteiger partial charge in [-0.15, -0.1) is 0 Å². The van der Waals surface area contributed by atoms with Crippen molar-refractivity contribution in [1.29, 1.82) is 5.26 Å². The van der Waals surface area contributed by atoms with Gasteiger partial charge in [-0.25, -0.2) is 17.5 Å². The number of nitrogens with zero attached hydrogens (tertiary/aromatic N) is 1. The second kappa shape index (κ2) is 6.27. The van der Waals surface area contributed by atoms with Gasteiger partial charge in [0.2, 0.25) is 10.0 Å². The van der Waals surface area contributed by atoms with Crippen LogP contribution in [0, 0.1) is 17.1 Å². The van der Waals surface area contributed by atoms with Crippen LogP contribution in [0.4, 0.5) is 4.39 Å². The molecule has 1 N–H and O–H groups in total. The summed E-state index contributed by atoms with van der Waals surface area (Å²) in [6.45, 7) is 1.75. The predicted octanol–water partition coefficient (Wildman–Crippen LogP) is 2.56. The summed E-state index contributed by atoms with van der Waals surface area (Å²) in [4.78, 5) is -0.415. The first-order valence-electron chi connectivity index (χ1n) is 5.25. The van der Waals surface area contributed by atoms with Crippen LogP contribution >= 0.6 is 15.9 Å². The van der Waals surface area contributed by atoms with Gasteiger partial charge < -0.3 is 0 Å². The summed E-state index contributed by atoms with van der Waals surface area (Å²) in [5.41, 5.74) is 0. The maximum atomic E-state index is 13.6. The van der Waals surface area contributed by atoms with Crippen molar-refractivity contribution < 1.29 is 12.8 Å². The predicted molar refractivity (Wildman–Crippen MR) is 68.7 cm³/mol. The van der Waals surface area contributed by atoms with Crippen LogP contribution in [0.1, 0.15) is 19.8 Å². The van der Waals surface area contributed by atoms with Crippen molar-refractivity contribution in [1.82, 2.24) is 4.72 Å². The number of halogens is 2. The van der Waals surface area contributed by atoms with Crippen molar-refractivity contribution in [3.05, 3.63) is 28.5 Å². The van der Waals surface area contributed by atoms with Crippen LogP contribution in [-0.2, 0) is 10.0 Å². The molecule has 0 fully saturated rings. The SMILES string of the molecule is CCC(CC#N)NS(=O)(=O)c1ccc(Br)cc1F. The zero-order valence-corrected chi connectivity index (χ0v) is 12.1. The molecule has 98 valence electrons. The van der Waals surface area contributed by atoms with Crippen LogP contribution < -0.4 is 4.72 Å². The Balaban J connectivity index is 3.03. The molecule has 0 radical (unpaired) electrons. The van der Waals surface area contributed by atoms with Crippen LogP contribution in [-0.4, -0.2) is 14.5 Å². The Bertz CT molecular complexity index is 569. The quantitative estimate of drug-likeness (QED) is 0.899. The Morgan fingerprint density at radius 2 is 2.22 bits per heavy atom. The Morgan fingerprint density at radius 1 is 1.56 bits per heavy atom. The standard InChI is InChI=1S/C11H12BrFN2O2S/c1-2-9(5-6-14)15-18(16,17)11-4-3-8(12)7-10(11)13/h3-4,7,9,15H,2,5H2,1H3. The second-order valence-corrected chi connectivity index (χ2v) is 6.26. The highest BCUT2D eigenvalue weighted by Crippen LogP contribution is 2.19. The molecule has 1 unspecified atom stereocenters. The third-order valence-corrected chi connectivity index (χ3v) is 4.38. The fraction of sp³-hybridized carbons (Fsp3) is 0.364. The van der Waals surface area contributed by atoms with E-state index in [1.165, 1.54) is 12.1 Å². The first-order valence-corrected chi connectivity index (χ1v) is 7.52. The van der Waals surface area contributed by atoms with E-state index in [0.29, 0.717) is 10.9 Å². The summed E-state index contributed by atoms with van der Waals surface area (Å²) in [5, 5.41) is 8.56. The first kappa shape index (κ1) is 15.1. The Labute approximate surface area is 114 Å². The zero-order valence-electron chi connectivity index (χ0n) is 9.65. The van der Waals surface area contributed by atoms with Crippen LogP contribution in [0.3, 0.4) is 0 Å². The molecule has 1 aromatic carbocycles. The van der Waals surface area contributed by atoms with Gasteiger partial charge >= 0.3 is 0 Å². The molecular weight excluding hydrogens is 323 g/mol. The van der Waals surface area contributed by atoms with E-state index in [1.54, 1.807) is 6.92 Å². The third kappa shape index (κ3) is 3.77. The van der Waals surface area contributed by atoms with Gasteiger partial charge in [-0.05, 0) is 24.6 Å². The van der Waals surface area contributed by atoms with Crippen molar-refractivity contribution in [2.45, 2.75) is 30.7 Å². The summed E-state index contributed by atoms with van der Waals surface area (Å²) in [6.07, 6.45) is 0.513. The van der Waals surface area contributed by atoms with Crippen molar-refractivity contribution in [3.63, 3.8) is 0 Å². The molecule has 7 heteroatoms. The van der Waals surface area contributed by atoms with E-state index in [0.717, 1.165) is 6.07 Å². The van der Waals surface area contributed by atoms with Gasteiger partial charge in [0.05, 0.1) is 12.5 Å². The molecule has 0 aliphatic rings.